The highest BCUT2D eigenvalue weighted by molar-refractivity contribution is 6.03. The molecule has 2 heterocycles. The number of carbonyl (C=O) groups excluding carboxylic acids is 2. The van der Waals surface area contributed by atoms with Gasteiger partial charge in [0.05, 0.1) is 5.56 Å². The van der Waals surface area contributed by atoms with Gasteiger partial charge in [-0.3, -0.25) is 9.59 Å². The lowest BCUT2D eigenvalue weighted by molar-refractivity contribution is 0.0916. The zero-order valence-electron chi connectivity index (χ0n) is 13.2. The molecule has 1 atom stereocenters. The van der Waals surface area contributed by atoms with Crippen LogP contribution in [0.3, 0.4) is 0 Å². The molecule has 1 saturated heterocycles. The molecule has 0 bridgehead atoms. The van der Waals surface area contributed by atoms with E-state index in [2.05, 4.69) is 10.6 Å². The fraction of sp³-hybridized carbons (Fsp3) is 0.647. The second-order valence-electron chi connectivity index (χ2n) is 6.39. The Morgan fingerprint density at radius 1 is 1.36 bits per heavy atom. The molecule has 120 valence electrons. The summed E-state index contributed by atoms with van der Waals surface area (Å²) in [5.74, 6) is 1.57. The van der Waals surface area contributed by atoms with Crippen LogP contribution < -0.4 is 10.6 Å². The average molecular weight is 304 g/mol. The number of nitrogens with one attached hydrogen (secondary N) is 2. The van der Waals surface area contributed by atoms with E-state index in [1.54, 1.807) is 0 Å². The van der Waals surface area contributed by atoms with Gasteiger partial charge in [0.15, 0.2) is 11.5 Å². The summed E-state index contributed by atoms with van der Waals surface area (Å²) >= 11 is 0. The minimum Gasteiger partial charge on any atom is -0.455 e. The van der Waals surface area contributed by atoms with Crippen LogP contribution in [0.1, 0.15) is 64.3 Å². The Bertz CT molecular complexity index is 571. The molecule has 22 heavy (non-hydrogen) atoms. The van der Waals surface area contributed by atoms with E-state index in [-0.39, 0.29) is 11.7 Å². The number of Topliss-reactive ketones (excluding diaryl/α,β-unsaturated/α-hetero) is 1. The largest absolute Gasteiger partial charge is 0.455 e. The zero-order chi connectivity index (χ0) is 15.5. The molecule has 1 aromatic heterocycles. The number of hydrogen-bond acceptors (Lipinski definition) is 4. The van der Waals surface area contributed by atoms with Crippen LogP contribution in [0.5, 0.6) is 0 Å². The molecule has 1 unspecified atom stereocenters. The molecular weight excluding hydrogens is 280 g/mol. The van der Waals surface area contributed by atoms with Gasteiger partial charge in [-0.15, -0.1) is 0 Å². The van der Waals surface area contributed by atoms with Gasteiger partial charge in [0, 0.05) is 24.9 Å². The molecule has 0 saturated carbocycles. The Kier molecular flexibility index (Phi) is 4.62. The summed E-state index contributed by atoms with van der Waals surface area (Å²) in [5, 5.41) is 6.32. The monoisotopic (exact) mass is 304 g/mol. The molecule has 2 aliphatic rings. The summed E-state index contributed by atoms with van der Waals surface area (Å²) in [7, 11) is 0. The summed E-state index contributed by atoms with van der Waals surface area (Å²) in [6.45, 7) is 4.61. The first kappa shape index (κ1) is 15.3. The van der Waals surface area contributed by atoms with E-state index >= 15 is 0 Å². The van der Waals surface area contributed by atoms with Crippen molar-refractivity contribution in [3.63, 3.8) is 0 Å². The van der Waals surface area contributed by atoms with E-state index < -0.39 is 0 Å². The van der Waals surface area contributed by atoms with Crippen LogP contribution in [-0.4, -0.2) is 31.3 Å². The molecule has 0 spiro atoms. The lowest BCUT2D eigenvalue weighted by Gasteiger charge is -2.22. The van der Waals surface area contributed by atoms with Gasteiger partial charge >= 0.3 is 0 Å². The Labute approximate surface area is 130 Å². The predicted octanol–water partition coefficient (Wildman–Crippen LogP) is 2.23. The van der Waals surface area contributed by atoms with E-state index in [4.69, 9.17) is 4.42 Å². The lowest BCUT2D eigenvalue weighted by Crippen LogP contribution is -2.33. The third-order valence-corrected chi connectivity index (χ3v) is 4.75. The number of aryl methyl sites for hydroxylation is 1. The molecule has 2 N–H and O–H groups in total. The van der Waals surface area contributed by atoms with Crippen molar-refractivity contribution in [2.75, 3.05) is 19.6 Å². The predicted molar refractivity (Wildman–Crippen MR) is 83.3 cm³/mol. The molecule has 0 radical (unpaired) electrons. The number of fused-ring (bicyclic) bond motifs is 1. The van der Waals surface area contributed by atoms with Crippen LogP contribution in [0.2, 0.25) is 0 Å². The Hall–Kier alpha value is -1.62. The number of rotatable bonds is 4. The van der Waals surface area contributed by atoms with E-state index in [1.807, 2.05) is 6.92 Å². The van der Waals surface area contributed by atoms with E-state index in [0.29, 0.717) is 41.5 Å². The van der Waals surface area contributed by atoms with Crippen LogP contribution >= 0.6 is 0 Å². The summed E-state index contributed by atoms with van der Waals surface area (Å²) in [4.78, 5) is 24.3. The highest BCUT2D eigenvalue weighted by Gasteiger charge is 2.28. The van der Waals surface area contributed by atoms with Crippen molar-refractivity contribution in [2.45, 2.75) is 45.4 Å². The molecule has 1 fully saturated rings. The number of amides is 1. The number of furan rings is 1. The van der Waals surface area contributed by atoms with Crippen LogP contribution in [0.15, 0.2) is 4.42 Å². The number of ketones is 1. The normalized spacial score (nSPS) is 21.5. The van der Waals surface area contributed by atoms with Gasteiger partial charge in [-0.05, 0) is 51.6 Å². The average Bonchev–Trinajstić information content (AvgIpc) is 2.87. The summed E-state index contributed by atoms with van der Waals surface area (Å²) in [6.07, 6.45) is 5.55. The zero-order valence-corrected chi connectivity index (χ0v) is 13.2. The highest BCUT2D eigenvalue weighted by atomic mass is 16.4. The maximum Gasteiger partial charge on any atom is 0.287 e. The Morgan fingerprint density at radius 2 is 2.23 bits per heavy atom. The van der Waals surface area contributed by atoms with Crippen molar-refractivity contribution in [1.82, 2.24) is 10.6 Å². The minimum absolute atomic E-state index is 0.106. The second kappa shape index (κ2) is 6.65. The fourth-order valence-corrected chi connectivity index (χ4v) is 3.51. The van der Waals surface area contributed by atoms with Crippen molar-refractivity contribution in [3.8, 4) is 0 Å². The third kappa shape index (κ3) is 3.09. The van der Waals surface area contributed by atoms with Gasteiger partial charge in [-0.1, -0.05) is 0 Å². The first-order valence-corrected chi connectivity index (χ1v) is 8.31. The van der Waals surface area contributed by atoms with Crippen molar-refractivity contribution >= 4 is 11.7 Å². The SMILES string of the molecule is Cc1c(C(=O)NCCC2CCCNC2)oc2c1C(=O)CCC2. The van der Waals surface area contributed by atoms with E-state index in [9.17, 15) is 9.59 Å². The van der Waals surface area contributed by atoms with Crippen LogP contribution in [0.25, 0.3) is 0 Å². The van der Waals surface area contributed by atoms with Crippen molar-refractivity contribution in [1.29, 1.82) is 0 Å². The summed E-state index contributed by atoms with van der Waals surface area (Å²) in [6, 6.07) is 0. The smallest absolute Gasteiger partial charge is 0.287 e. The van der Waals surface area contributed by atoms with E-state index in [0.717, 1.165) is 32.4 Å². The van der Waals surface area contributed by atoms with Crippen molar-refractivity contribution < 1.29 is 14.0 Å². The standard InChI is InChI=1S/C17H24N2O3/c1-11-15-13(20)5-2-6-14(15)22-16(11)17(21)19-9-7-12-4-3-8-18-10-12/h12,18H,2-10H2,1H3,(H,19,21). The van der Waals surface area contributed by atoms with E-state index in [1.165, 1.54) is 12.8 Å². The summed E-state index contributed by atoms with van der Waals surface area (Å²) in [5.41, 5.74) is 1.35. The Morgan fingerprint density at radius 3 is 2.95 bits per heavy atom. The highest BCUT2D eigenvalue weighted by Crippen LogP contribution is 2.29. The van der Waals surface area contributed by atoms with Crippen molar-refractivity contribution in [3.05, 3.63) is 22.6 Å². The third-order valence-electron chi connectivity index (χ3n) is 4.75. The van der Waals surface area contributed by atoms with Gasteiger partial charge in [0.2, 0.25) is 0 Å². The number of hydrogen-bond donors (Lipinski definition) is 2. The van der Waals surface area contributed by atoms with Crippen LogP contribution in [0, 0.1) is 12.8 Å². The molecule has 0 aromatic carbocycles. The fourth-order valence-electron chi connectivity index (χ4n) is 3.51. The van der Waals surface area contributed by atoms with Crippen molar-refractivity contribution in [2.24, 2.45) is 5.92 Å². The van der Waals surface area contributed by atoms with Gasteiger partial charge < -0.3 is 15.1 Å². The molecule has 1 aliphatic heterocycles. The molecule has 1 aliphatic carbocycles. The van der Waals surface area contributed by atoms with Gasteiger partial charge in [-0.2, -0.15) is 0 Å². The maximum atomic E-state index is 12.3. The second-order valence-corrected chi connectivity index (χ2v) is 6.39. The number of carbonyl (C=O) groups is 2. The Balaban J connectivity index is 1.59. The first-order valence-electron chi connectivity index (χ1n) is 8.31. The molecule has 5 nitrogen and oxygen atoms in total. The molecule has 1 amide bonds. The first-order chi connectivity index (χ1) is 10.7. The lowest BCUT2D eigenvalue weighted by atomic mass is 9.94. The molecule has 3 rings (SSSR count). The van der Waals surface area contributed by atoms with Gasteiger partial charge in [-0.25, -0.2) is 0 Å². The quantitative estimate of drug-likeness (QED) is 0.895. The minimum atomic E-state index is -0.191. The van der Waals surface area contributed by atoms with Gasteiger partial charge in [0.1, 0.15) is 5.76 Å². The molecule has 1 aromatic rings. The van der Waals surface area contributed by atoms with Gasteiger partial charge in [0.25, 0.3) is 5.91 Å². The maximum absolute atomic E-state index is 12.3. The topological polar surface area (TPSA) is 71.3 Å². The van der Waals surface area contributed by atoms with Crippen LogP contribution in [-0.2, 0) is 6.42 Å². The molecule has 5 heteroatoms. The van der Waals surface area contributed by atoms with Crippen LogP contribution in [0.4, 0.5) is 0 Å². The summed E-state index contributed by atoms with van der Waals surface area (Å²) < 4.78 is 5.67. The molecular formula is C17H24N2O3. The number of piperidine rings is 1.